The lowest BCUT2D eigenvalue weighted by Gasteiger charge is -2.00. The molecule has 80 valence electrons. The van der Waals surface area contributed by atoms with Crippen LogP contribution in [0.2, 0.25) is 5.02 Å². The first-order valence-corrected chi connectivity index (χ1v) is 4.84. The second-order valence-electron chi connectivity index (χ2n) is 2.79. The number of aliphatic hydroxyl groups excluding tert-OH is 1. The van der Waals surface area contributed by atoms with Crippen LogP contribution in [-0.4, -0.2) is 17.7 Å². The fourth-order valence-corrected chi connectivity index (χ4v) is 1.13. The van der Waals surface area contributed by atoms with Crippen molar-refractivity contribution in [3.05, 3.63) is 40.9 Å². The molecule has 0 aromatic heterocycles. The maximum absolute atomic E-state index is 11.0. The summed E-state index contributed by atoms with van der Waals surface area (Å²) in [5, 5.41) is 10.1. The average molecular weight is 227 g/mol. The molecule has 0 radical (unpaired) electrons. The van der Waals surface area contributed by atoms with Crippen molar-refractivity contribution in [2.24, 2.45) is 0 Å². The Hall–Kier alpha value is -1.48. The third-order valence-electron chi connectivity index (χ3n) is 1.68. The van der Waals surface area contributed by atoms with E-state index < -0.39 is 5.97 Å². The quantitative estimate of drug-likeness (QED) is 0.490. The molecule has 0 saturated carbocycles. The number of esters is 1. The third kappa shape index (κ3) is 3.64. The van der Waals surface area contributed by atoms with Gasteiger partial charge in [0.2, 0.25) is 0 Å². The van der Waals surface area contributed by atoms with Crippen LogP contribution < -0.4 is 0 Å². The van der Waals surface area contributed by atoms with Crippen LogP contribution in [-0.2, 0) is 9.53 Å². The molecule has 0 spiro atoms. The van der Waals surface area contributed by atoms with E-state index in [2.05, 4.69) is 4.74 Å². The summed E-state index contributed by atoms with van der Waals surface area (Å²) in [6.45, 7) is 1.98. The molecule has 1 rings (SSSR count). The summed E-state index contributed by atoms with van der Waals surface area (Å²) in [6.07, 6.45) is 1.03. The van der Waals surface area contributed by atoms with Crippen molar-refractivity contribution < 1.29 is 14.6 Å². The molecule has 0 atom stereocenters. The van der Waals surface area contributed by atoms with E-state index in [1.165, 1.54) is 0 Å². The Morgan fingerprint density at radius 3 is 2.60 bits per heavy atom. The molecule has 15 heavy (non-hydrogen) atoms. The van der Waals surface area contributed by atoms with Crippen molar-refractivity contribution in [1.82, 2.24) is 0 Å². The Balaban J connectivity index is 2.79. The minimum atomic E-state index is -0.565. The van der Waals surface area contributed by atoms with Gasteiger partial charge in [0.15, 0.2) is 0 Å². The Bertz CT molecular complexity index is 368. The van der Waals surface area contributed by atoms with Gasteiger partial charge in [0.1, 0.15) is 5.76 Å². The van der Waals surface area contributed by atoms with Crippen LogP contribution in [0.15, 0.2) is 30.3 Å². The van der Waals surface area contributed by atoms with E-state index in [-0.39, 0.29) is 12.4 Å². The normalized spacial score (nSPS) is 11.2. The summed E-state index contributed by atoms with van der Waals surface area (Å²) in [5.41, 5.74) is 0.521. The fourth-order valence-electron chi connectivity index (χ4n) is 1.000. The Labute approximate surface area is 92.9 Å². The summed E-state index contributed by atoms with van der Waals surface area (Å²) in [7, 11) is 0. The zero-order valence-corrected chi connectivity index (χ0v) is 8.99. The lowest BCUT2D eigenvalue weighted by molar-refractivity contribution is -0.137. The minimum absolute atomic E-state index is 0.134. The highest BCUT2D eigenvalue weighted by Crippen LogP contribution is 2.15. The average Bonchev–Trinajstić information content (AvgIpc) is 2.18. The van der Waals surface area contributed by atoms with Crippen LogP contribution >= 0.6 is 11.6 Å². The second kappa shape index (κ2) is 5.41. The first kappa shape index (κ1) is 11.6. The summed E-state index contributed by atoms with van der Waals surface area (Å²) >= 11 is 5.68. The zero-order chi connectivity index (χ0) is 11.3. The predicted octanol–water partition coefficient (Wildman–Crippen LogP) is 2.80. The Kier molecular flexibility index (Phi) is 4.18. The molecule has 0 aliphatic heterocycles. The maximum Gasteiger partial charge on any atom is 0.334 e. The number of aliphatic hydroxyl groups is 1. The monoisotopic (exact) mass is 226 g/mol. The molecule has 0 saturated heterocycles. The maximum atomic E-state index is 11.0. The number of halogens is 1. The van der Waals surface area contributed by atoms with Crippen molar-refractivity contribution >= 4 is 23.3 Å². The highest BCUT2D eigenvalue weighted by Gasteiger charge is 2.03. The van der Waals surface area contributed by atoms with Gasteiger partial charge in [0.05, 0.1) is 12.7 Å². The standard InChI is InChI=1S/C11H11ClO3/c1-2-15-11(14)7-10(13)8-3-5-9(12)6-4-8/h3-7,13H,2H2,1H3. The lowest BCUT2D eigenvalue weighted by atomic mass is 10.2. The number of carbonyl (C=O) groups is 1. The molecule has 1 aromatic carbocycles. The fraction of sp³-hybridized carbons (Fsp3) is 0.182. The number of benzene rings is 1. The number of hydrogen-bond donors (Lipinski definition) is 1. The number of carbonyl (C=O) groups excluding carboxylic acids is 1. The molecule has 0 aliphatic carbocycles. The summed E-state index contributed by atoms with van der Waals surface area (Å²) in [6, 6.07) is 6.50. The Morgan fingerprint density at radius 1 is 1.47 bits per heavy atom. The molecule has 0 bridgehead atoms. The lowest BCUT2D eigenvalue weighted by Crippen LogP contribution is -2.00. The third-order valence-corrected chi connectivity index (χ3v) is 1.93. The SMILES string of the molecule is CCOC(=O)C=C(O)c1ccc(Cl)cc1. The molecular weight excluding hydrogens is 216 g/mol. The number of hydrogen-bond acceptors (Lipinski definition) is 3. The summed E-state index contributed by atoms with van der Waals surface area (Å²) < 4.78 is 4.66. The molecule has 0 aliphatic rings. The van der Waals surface area contributed by atoms with E-state index in [0.717, 1.165) is 6.08 Å². The van der Waals surface area contributed by atoms with Crippen LogP contribution in [0.1, 0.15) is 12.5 Å². The Morgan fingerprint density at radius 2 is 2.07 bits per heavy atom. The van der Waals surface area contributed by atoms with Gasteiger partial charge in [0, 0.05) is 10.6 Å². The van der Waals surface area contributed by atoms with Gasteiger partial charge in [-0.1, -0.05) is 11.6 Å². The number of ether oxygens (including phenoxy) is 1. The van der Waals surface area contributed by atoms with E-state index >= 15 is 0 Å². The molecular formula is C11H11ClO3. The number of rotatable bonds is 3. The van der Waals surface area contributed by atoms with Crippen LogP contribution in [0.4, 0.5) is 0 Å². The van der Waals surface area contributed by atoms with Crippen LogP contribution in [0, 0.1) is 0 Å². The summed E-state index contributed by atoms with van der Waals surface area (Å²) in [4.78, 5) is 11.0. The summed E-state index contributed by atoms with van der Waals surface area (Å²) in [5.74, 6) is -0.699. The van der Waals surface area contributed by atoms with Gasteiger partial charge in [-0.2, -0.15) is 0 Å². The van der Waals surface area contributed by atoms with Crippen molar-refractivity contribution in [2.75, 3.05) is 6.61 Å². The van der Waals surface area contributed by atoms with E-state index in [0.29, 0.717) is 10.6 Å². The van der Waals surface area contributed by atoms with Gasteiger partial charge >= 0.3 is 5.97 Å². The van der Waals surface area contributed by atoms with Gasteiger partial charge in [0.25, 0.3) is 0 Å². The molecule has 0 fully saturated rings. The van der Waals surface area contributed by atoms with Gasteiger partial charge in [-0.15, -0.1) is 0 Å². The van der Waals surface area contributed by atoms with E-state index in [1.807, 2.05) is 0 Å². The van der Waals surface area contributed by atoms with Gasteiger partial charge < -0.3 is 9.84 Å². The van der Waals surface area contributed by atoms with Crippen molar-refractivity contribution in [2.45, 2.75) is 6.92 Å². The molecule has 0 heterocycles. The molecule has 4 heteroatoms. The molecule has 0 unspecified atom stereocenters. The van der Waals surface area contributed by atoms with Crippen molar-refractivity contribution in [3.8, 4) is 0 Å². The van der Waals surface area contributed by atoms with E-state index in [4.69, 9.17) is 11.6 Å². The zero-order valence-electron chi connectivity index (χ0n) is 8.24. The van der Waals surface area contributed by atoms with E-state index in [1.54, 1.807) is 31.2 Å². The van der Waals surface area contributed by atoms with Gasteiger partial charge in [-0.25, -0.2) is 4.79 Å². The first-order chi connectivity index (χ1) is 7.13. The largest absolute Gasteiger partial charge is 0.507 e. The molecule has 3 nitrogen and oxygen atoms in total. The predicted molar refractivity (Wildman–Crippen MR) is 58.7 cm³/mol. The van der Waals surface area contributed by atoms with Gasteiger partial charge in [-0.3, -0.25) is 0 Å². The molecule has 1 aromatic rings. The highest BCUT2D eigenvalue weighted by atomic mass is 35.5. The van der Waals surface area contributed by atoms with E-state index in [9.17, 15) is 9.90 Å². The molecule has 0 amide bonds. The second-order valence-corrected chi connectivity index (χ2v) is 3.22. The highest BCUT2D eigenvalue weighted by molar-refractivity contribution is 6.30. The van der Waals surface area contributed by atoms with Crippen LogP contribution in [0.25, 0.3) is 5.76 Å². The van der Waals surface area contributed by atoms with Gasteiger partial charge in [-0.05, 0) is 31.2 Å². The topological polar surface area (TPSA) is 46.5 Å². The van der Waals surface area contributed by atoms with Crippen molar-refractivity contribution in [1.29, 1.82) is 0 Å². The molecule has 1 N–H and O–H groups in total. The minimum Gasteiger partial charge on any atom is -0.507 e. The smallest absolute Gasteiger partial charge is 0.334 e. The van der Waals surface area contributed by atoms with Crippen LogP contribution in [0.3, 0.4) is 0 Å². The van der Waals surface area contributed by atoms with Crippen LogP contribution in [0.5, 0.6) is 0 Å². The first-order valence-electron chi connectivity index (χ1n) is 4.47. The van der Waals surface area contributed by atoms with Crippen molar-refractivity contribution in [3.63, 3.8) is 0 Å².